The number of aromatic nitrogens is 4. The highest BCUT2D eigenvalue weighted by atomic mass is 35.5. The van der Waals surface area contributed by atoms with E-state index in [2.05, 4.69) is 15.5 Å². The molecular weight excluding hydrogens is 338 g/mol. The van der Waals surface area contributed by atoms with Crippen LogP contribution in [0, 0.1) is 0 Å². The van der Waals surface area contributed by atoms with Gasteiger partial charge in [0, 0.05) is 31.0 Å². The maximum atomic E-state index is 12.8. The number of nitrogens with zero attached hydrogens (tertiary/aromatic N) is 5. The second-order valence-corrected chi connectivity index (χ2v) is 5.98. The Morgan fingerprint density at radius 2 is 1.96 bits per heavy atom. The van der Waals surface area contributed by atoms with Gasteiger partial charge in [-0.05, 0) is 28.6 Å². The number of carbonyl (C=O) groups excluding carboxylic acids is 1. The van der Waals surface area contributed by atoms with E-state index in [1.54, 1.807) is 12.1 Å². The van der Waals surface area contributed by atoms with Crippen molar-refractivity contribution in [2.24, 2.45) is 0 Å². The van der Waals surface area contributed by atoms with E-state index in [-0.39, 0.29) is 31.8 Å². The molecule has 1 aliphatic heterocycles. The van der Waals surface area contributed by atoms with Gasteiger partial charge in [0.05, 0.1) is 11.3 Å². The smallest absolute Gasteiger partial charge is 0.335 e. The second kappa shape index (κ2) is 6.17. The third-order valence-electron chi connectivity index (χ3n) is 4.06. The SMILES string of the molecule is O=C(c1cc(Cl)ccc1-n1cnnn1)N1CCC(O)(C(=O)O)CC1. The molecule has 3 rings (SSSR count). The molecule has 1 aromatic carbocycles. The highest BCUT2D eigenvalue weighted by Crippen LogP contribution is 2.26. The number of aliphatic hydroxyl groups is 1. The highest BCUT2D eigenvalue weighted by molar-refractivity contribution is 6.31. The van der Waals surface area contributed by atoms with E-state index < -0.39 is 11.6 Å². The number of rotatable bonds is 3. The molecule has 0 saturated carbocycles. The Kier molecular flexibility index (Phi) is 4.20. The standard InChI is InChI=1S/C14H14ClN5O4/c15-9-1-2-11(20-8-16-17-18-20)10(7-9)12(21)19-5-3-14(24,4-6-19)13(22)23/h1-2,7-8,24H,3-6H2,(H,22,23). The third kappa shape index (κ3) is 2.95. The summed E-state index contributed by atoms with van der Waals surface area (Å²) < 4.78 is 1.35. The van der Waals surface area contributed by atoms with Crippen molar-refractivity contribution in [3.05, 3.63) is 35.1 Å². The number of hydrogen-bond donors (Lipinski definition) is 2. The van der Waals surface area contributed by atoms with E-state index in [1.165, 1.54) is 22.0 Å². The third-order valence-corrected chi connectivity index (χ3v) is 4.30. The number of halogens is 1. The lowest BCUT2D eigenvalue weighted by molar-refractivity contribution is -0.162. The van der Waals surface area contributed by atoms with Crippen molar-refractivity contribution < 1.29 is 19.8 Å². The van der Waals surface area contributed by atoms with Crippen LogP contribution < -0.4 is 0 Å². The van der Waals surface area contributed by atoms with Crippen molar-refractivity contribution in [1.29, 1.82) is 0 Å². The summed E-state index contributed by atoms with van der Waals surface area (Å²) in [7, 11) is 0. The highest BCUT2D eigenvalue weighted by Gasteiger charge is 2.40. The maximum absolute atomic E-state index is 12.8. The Hall–Kier alpha value is -2.52. The average molecular weight is 352 g/mol. The molecule has 24 heavy (non-hydrogen) atoms. The van der Waals surface area contributed by atoms with E-state index in [4.69, 9.17) is 16.7 Å². The van der Waals surface area contributed by atoms with Gasteiger partial charge in [-0.15, -0.1) is 5.10 Å². The number of amides is 1. The maximum Gasteiger partial charge on any atom is 0.335 e. The Balaban J connectivity index is 1.86. The van der Waals surface area contributed by atoms with Crippen molar-refractivity contribution in [1.82, 2.24) is 25.1 Å². The molecule has 2 N–H and O–H groups in total. The molecule has 1 aliphatic rings. The largest absolute Gasteiger partial charge is 0.479 e. The van der Waals surface area contributed by atoms with Gasteiger partial charge in [-0.25, -0.2) is 4.79 Å². The van der Waals surface area contributed by atoms with Crippen LogP contribution in [0.25, 0.3) is 5.69 Å². The quantitative estimate of drug-likeness (QED) is 0.819. The Labute approximate surface area is 141 Å². The fourth-order valence-electron chi connectivity index (χ4n) is 2.61. The summed E-state index contributed by atoms with van der Waals surface area (Å²) in [4.78, 5) is 25.4. The number of tetrazole rings is 1. The number of hydrogen-bond acceptors (Lipinski definition) is 6. The van der Waals surface area contributed by atoms with E-state index in [0.717, 1.165) is 0 Å². The molecule has 0 atom stereocenters. The van der Waals surface area contributed by atoms with E-state index in [9.17, 15) is 14.7 Å². The zero-order valence-corrected chi connectivity index (χ0v) is 13.2. The summed E-state index contributed by atoms with van der Waals surface area (Å²) in [5.41, 5.74) is -1.02. The predicted molar refractivity (Wildman–Crippen MR) is 81.9 cm³/mol. The molecule has 126 valence electrons. The summed E-state index contributed by atoms with van der Waals surface area (Å²) in [5.74, 6) is -1.60. The van der Waals surface area contributed by atoms with Crippen LogP contribution >= 0.6 is 11.6 Å². The molecule has 0 aliphatic carbocycles. The van der Waals surface area contributed by atoms with E-state index in [0.29, 0.717) is 16.3 Å². The van der Waals surface area contributed by atoms with Crippen LogP contribution in [-0.2, 0) is 4.79 Å². The van der Waals surface area contributed by atoms with E-state index >= 15 is 0 Å². The lowest BCUT2D eigenvalue weighted by Crippen LogP contribution is -2.50. The lowest BCUT2D eigenvalue weighted by Gasteiger charge is -2.35. The van der Waals surface area contributed by atoms with Crippen molar-refractivity contribution in [2.75, 3.05) is 13.1 Å². The van der Waals surface area contributed by atoms with Gasteiger partial charge in [-0.3, -0.25) is 4.79 Å². The molecule has 9 nitrogen and oxygen atoms in total. The van der Waals surface area contributed by atoms with Crippen LogP contribution in [0.5, 0.6) is 0 Å². The zero-order chi connectivity index (χ0) is 17.3. The van der Waals surface area contributed by atoms with Gasteiger partial charge in [-0.1, -0.05) is 11.6 Å². The van der Waals surface area contributed by atoms with Crippen molar-refractivity contribution in [3.8, 4) is 5.69 Å². The van der Waals surface area contributed by atoms with Crippen LogP contribution in [0.2, 0.25) is 5.02 Å². The lowest BCUT2D eigenvalue weighted by atomic mass is 9.91. The van der Waals surface area contributed by atoms with Gasteiger partial charge < -0.3 is 15.1 Å². The van der Waals surface area contributed by atoms with Gasteiger partial charge in [0.2, 0.25) is 0 Å². The number of likely N-dealkylation sites (tertiary alicyclic amines) is 1. The average Bonchev–Trinajstić information content (AvgIpc) is 3.09. The normalized spacial score (nSPS) is 16.8. The topological polar surface area (TPSA) is 121 Å². The predicted octanol–water partition coefficient (Wildman–Crippen LogP) is 0.367. The van der Waals surface area contributed by atoms with Gasteiger partial charge in [0.25, 0.3) is 5.91 Å². The molecule has 10 heteroatoms. The Morgan fingerprint density at radius 3 is 2.54 bits per heavy atom. The minimum atomic E-state index is -1.79. The first-order valence-electron chi connectivity index (χ1n) is 7.19. The first kappa shape index (κ1) is 16.3. The van der Waals surface area contributed by atoms with Gasteiger partial charge >= 0.3 is 5.97 Å². The summed E-state index contributed by atoms with van der Waals surface area (Å²) in [6.07, 6.45) is 1.29. The Morgan fingerprint density at radius 1 is 1.25 bits per heavy atom. The summed E-state index contributed by atoms with van der Waals surface area (Å²) in [6, 6.07) is 4.76. The van der Waals surface area contributed by atoms with Crippen molar-refractivity contribution >= 4 is 23.5 Å². The number of carbonyl (C=O) groups is 2. The van der Waals surface area contributed by atoms with Crippen LogP contribution in [0.1, 0.15) is 23.2 Å². The summed E-state index contributed by atoms with van der Waals surface area (Å²) >= 11 is 6.00. The Bertz CT molecular complexity index is 771. The van der Waals surface area contributed by atoms with Gasteiger partial charge in [-0.2, -0.15) is 4.68 Å². The first-order chi connectivity index (χ1) is 11.4. The minimum Gasteiger partial charge on any atom is -0.479 e. The van der Waals surface area contributed by atoms with E-state index in [1.807, 2.05) is 0 Å². The molecule has 0 bridgehead atoms. The molecule has 1 aromatic heterocycles. The molecular formula is C14H14ClN5O4. The van der Waals surface area contributed by atoms with Crippen LogP contribution in [0.4, 0.5) is 0 Å². The van der Waals surface area contributed by atoms with Crippen LogP contribution in [-0.4, -0.2) is 65.9 Å². The number of aliphatic carboxylic acids is 1. The molecule has 0 spiro atoms. The number of piperidine rings is 1. The van der Waals surface area contributed by atoms with Crippen LogP contribution in [0.15, 0.2) is 24.5 Å². The molecule has 1 amide bonds. The monoisotopic (exact) mass is 351 g/mol. The zero-order valence-electron chi connectivity index (χ0n) is 12.5. The summed E-state index contributed by atoms with van der Waals surface area (Å²) in [5, 5.41) is 30.3. The van der Waals surface area contributed by atoms with Gasteiger partial charge in [0.1, 0.15) is 6.33 Å². The number of carboxylic acid groups (broad SMARTS) is 1. The van der Waals surface area contributed by atoms with Crippen LogP contribution in [0.3, 0.4) is 0 Å². The molecule has 1 fully saturated rings. The molecule has 1 saturated heterocycles. The fourth-order valence-corrected chi connectivity index (χ4v) is 2.79. The first-order valence-corrected chi connectivity index (χ1v) is 7.56. The molecule has 2 aromatic rings. The minimum absolute atomic E-state index is 0.0329. The summed E-state index contributed by atoms with van der Waals surface area (Å²) in [6.45, 7) is 0.256. The van der Waals surface area contributed by atoms with Gasteiger partial charge in [0.15, 0.2) is 5.60 Å². The molecule has 0 radical (unpaired) electrons. The number of carboxylic acids is 1. The molecule has 0 unspecified atom stereocenters. The fraction of sp³-hybridized carbons (Fsp3) is 0.357. The molecule has 2 heterocycles. The van der Waals surface area contributed by atoms with Crippen molar-refractivity contribution in [3.63, 3.8) is 0 Å². The second-order valence-electron chi connectivity index (χ2n) is 5.54. The number of benzene rings is 1. The van der Waals surface area contributed by atoms with Crippen molar-refractivity contribution in [2.45, 2.75) is 18.4 Å².